The van der Waals surface area contributed by atoms with Gasteiger partial charge in [-0.2, -0.15) is 5.10 Å². The van der Waals surface area contributed by atoms with Crippen LogP contribution in [0.1, 0.15) is 17.4 Å². The van der Waals surface area contributed by atoms with E-state index in [-0.39, 0.29) is 5.78 Å². The van der Waals surface area contributed by atoms with E-state index in [4.69, 9.17) is 5.11 Å². The number of halogens is 1. The number of Topliss-reactive ketones (excluding diaryl/α,β-unsaturated/α-hetero) is 1. The van der Waals surface area contributed by atoms with E-state index in [0.29, 0.717) is 10.2 Å². The van der Waals surface area contributed by atoms with Crippen molar-refractivity contribution in [3.8, 4) is 0 Å². The van der Waals surface area contributed by atoms with Gasteiger partial charge < -0.3 is 5.11 Å². The van der Waals surface area contributed by atoms with Crippen LogP contribution in [0.3, 0.4) is 0 Å². The van der Waals surface area contributed by atoms with Crippen LogP contribution in [-0.4, -0.2) is 26.8 Å². The van der Waals surface area contributed by atoms with E-state index in [1.807, 2.05) is 0 Å². The first-order chi connectivity index (χ1) is 5.54. The van der Waals surface area contributed by atoms with Gasteiger partial charge in [0, 0.05) is 7.05 Å². The highest BCUT2D eigenvalue weighted by Gasteiger charge is 2.19. The number of carbonyl (C=O) groups excluding carboxylic acids is 1. The third kappa shape index (κ3) is 1.56. The number of hydrogen-bond acceptors (Lipinski definition) is 3. The number of aliphatic hydroxyl groups excluding tert-OH is 1. The minimum Gasteiger partial charge on any atom is -0.385 e. The average molecular weight is 233 g/mol. The Kier molecular flexibility index (Phi) is 2.64. The van der Waals surface area contributed by atoms with E-state index in [1.54, 1.807) is 7.05 Å². The van der Waals surface area contributed by atoms with Gasteiger partial charge in [0.2, 0.25) is 5.78 Å². The van der Waals surface area contributed by atoms with Crippen LogP contribution in [-0.2, 0) is 7.05 Å². The molecule has 0 aliphatic rings. The number of aryl methyl sites for hydroxylation is 1. The van der Waals surface area contributed by atoms with Crippen LogP contribution < -0.4 is 0 Å². The number of aliphatic hydroxyl groups is 1. The lowest BCUT2D eigenvalue weighted by atomic mass is 10.2. The molecule has 1 rings (SSSR count). The SMILES string of the molecule is CC(O)C(=O)c1c(Br)cnn1C. The van der Waals surface area contributed by atoms with Gasteiger partial charge in [0.15, 0.2) is 0 Å². The number of aromatic nitrogens is 2. The topological polar surface area (TPSA) is 55.1 Å². The number of nitrogens with zero attached hydrogens (tertiary/aromatic N) is 2. The first kappa shape index (κ1) is 9.41. The van der Waals surface area contributed by atoms with Crippen LogP contribution in [0.2, 0.25) is 0 Å². The Morgan fingerprint density at radius 3 is 2.75 bits per heavy atom. The molecule has 0 aromatic carbocycles. The predicted molar refractivity (Wildman–Crippen MR) is 46.9 cm³/mol. The molecule has 0 bridgehead atoms. The van der Waals surface area contributed by atoms with Crippen molar-refractivity contribution in [3.63, 3.8) is 0 Å². The first-order valence-electron chi connectivity index (χ1n) is 3.44. The van der Waals surface area contributed by atoms with Crippen molar-refractivity contribution >= 4 is 21.7 Å². The maximum atomic E-state index is 11.3. The molecule has 0 aliphatic carbocycles. The molecule has 0 amide bonds. The van der Waals surface area contributed by atoms with E-state index in [2.05, 4.69) is 21.0 Å². The Balaban J connectivity index is 3.09. The molecule has 0 spiro atoms. The van der Waals surface area contributed by atoms with Crippen molar-refractivity contribution in [1.29, 1.82) is 0 Å². The molecule has 1 N–H and O–H groups in total. The zero-order valence-electron chi connectivity index (χ0n) is 6.78. The largest absolute Gasteiger partial charge is 0.385 e. The molecule has 1 heterocycles. The maximum Gasteiger partial charge on any atom is 0.210 e. The fourth-order valence-electron chi connectivity index (χ4n) is 0.886. The zero-order valence-corrected chi connectivity index (χ0v) is 8.37. The molecule has 1 aromatic rings. The first-order valence-corrected chi connectivity index (χ1v) is 4.23. The fraction of sp³-hybridized carbons (Fsp3) is 0.429. The second kappa shape index (κ2) is 3.37. The number of hydrogen-bond donors (Lipinski definition) is 1. The van der Waals surface area contributed by atoms with Gasteiger partial charge in [-0.25, -0.2) is 0 Å². The Morgan fingerprint density at radius 1 is 1.83 bits per heavy atom. The van der Waals surface area contributed by atoms with Crippen LogP contribution in [0.25, 0.3) is 0 Å². The lowest BCUT2D eigenvalue weighted by Gasteiger charge is -2.03. The van der Waals surface area contributed by atoms with Crippen molar-refractivity contribution in [2.24, 2.45) is 7.05 Å². The molecule has 0 radical (unpaired) electrons. The van der Waals surface area contributed by atoms with Crippen molar-refractivity contribution in [2.45, 2.75) is 13.0 Å². The Hall–Kier alpha value is -0.680. The highest BCUT2D eigenvalue weighted by atomic mass is 79.9. The van der Waals surface area contributed by atoms with Gasteiger partial charge in [0.25, 0.3) is 0 Å². The van der Waals surface area contributed by atoms with Crippen molar-refractivity contribution in [3.05, 3.63) is 16.4 Å². The quantitative estimate of drug-likeness (QED) is 0.766. The predicted octanol–water partition coefficient (Wildman–Crippen LogP) is 0.746. The molecule has 0 fully saturated rings. The Bertz CT molecular complexity index is 287. The third-order valence-electron chi connectivity index (χ3n) is 1.51. The summed E-state index contributed by atoms with van der Waals surface area (Å²) in [6.07, 6.45) is 0.534. The number of ketones is 1. The monoisotopic (exact) mass is 232 g/mol. The molecule has 5 heteroatoms. The summed E-state index contributed by atoms with van der Waals surface area (Å²) in [5.41, 5.74) is 0.394. The van der Waals surface area contributed by atoms with Gasteiger partial charge in [-0.1, -0.05) is 0 Å². The van der Waals surface area contributed by atoms with Gasteiger partial charge in [-0.05, 0) is 22.9 Å². The normalized spacial score (nSPS) is 13.0. The van der Waals surface area contributed by atoms with E-state index < -0.39 is 6.10 Å². The number of carbonyl (C=O) groups is 1. The van der Waals surface area contributed by atoms with Gasteiger partial charge in [-0.3, -0.25) is 9.48 Å². The molecule has 1 atom stereocenters. The second-order valence-corrected chi connectivity index (χ2v) is 3.36. The van der Waals surface area contributed by atoms with E-state index in [9.17, 15) is 4.79 Å². The van der Waals surface area contributed by atoms with Crippen LogP contribution in [0.15, 0.2) is 10.7 Å². The number of rotatable bonds is 2. The highest BCUT2D eigenvalue weighted by molar-refractivity contribution is 9.10. The molecule has 1 unspecified atom stereocenters. The standard InChI is InChI=1S/C7H9BrN2O2/c1-4(11)7(12)6-5(8)3-9-10(6)2/h3-4,11H,1-2H3. The molecule has 4 nitrogen and oxygen atoms in total. The molecular formula is C7H9BrN2O2. The summed E-state index contributed by atoms with van der Waals surface area (Å²) in [6, 6.07) is 0. The van der Waals surface area contributed by atoms with Crippen molar-refractivity contribution in [1.82, 2.24) is 9.78 Å². The molecule has 0 saturated carbocycles. The fourth-order valence-corrected chi connectivity index (χ4v) is 1.43. The summed E-state index contributed by atoms with van der Waals surface area (Å²) in [5, 5.41) is 12.9. The minimum atomic E-state index is -0.989. The van der Waals surface area contributed by atoms with Gasteiger partial charge in [0.1, 0.15) is 11.8 Å². The highest BCUT2D eigenvalue weighted by Crippen LogP contribution is 2.16. The van der Waals surface area contributed by atoms with Gasteiger partial charge >= 0.3 is 0 Å². The van der Waals surface area contributed by atoms with E-state index in [0.717, 1.165) is 0 Å². The lowest BCUT2D eigenvalue weighted by molar-refractivity contribution is 0.0768. The Morgan fingerprint density at radius 2 is 2.42 bits per heavy atom. The zero-order chi connectivity index (χ0) is 9.30. The maximum absolute atomic E-state index is 11.3. The summed E-state index contributed by atoms with van der Waals surface area (Å²) in [6.45, 7) is 1.43. The molecule has 1 aromatic heterocycles. The minimum absolute atomic E-state index is 0.332. The summed E-state index contributed by atoms with van der Waals surface area (Å²) >= 11 is 3.17. The van der Waals surface area contributed by atoms with E-state index in [1.165, 1.54) is 17.8 Å². The third-order valence-corrected chi connectivity index (χ3v) is 2.09. The molecule has 0 aliphatic heterocycles. The second-order valence-electron chi connectivity index (χ2n) is 2.50. The van der Waals surface area contributed by atoms with Crippen LogP contribution in [0.4, 0.5) is 0 Å². The average Bonchev–Trinajstić information content (AvgIpc) is 2.30. The van der Waals surface area contributed by atoms with Gasteiger partial charge in [0.05, 0.1) is 10.7 Å². The summed E-state index contributed by atoms with van der Waals surface area (Å²) in [5.74, 6) is -0.332. The summed E-state index contributed by atoms with van der Waals surface area (Å²) in [4.78, 5) is 11.3. The van der Waals surface area contributed by atoms with Crippen molar-refractivity contribution in [2.75, 3.05) is 0 Å². The van der Waals surface area contributed by atoms with Crippen LogP contribution >= 0.6 is 15.9 Å². The Labute approximate surface area is 78.3 Å². The van der Waals surface area contributed by atoms with Crippen molar-refractivity contribution < 1.29 is 9.90 Å². The van der Waals surface area contributed by atoms with Crippen LogP contribution in [0, 0.1) is 0 Å². The molecule has 0 saturated heterocycles. The summed E-state index contributed by atoms with van der Waals surface area (Å²) < 4.78 is 2.04. The van der Waals surface area contributed by atoms with E-state index >= 15 is 0 Å². The molecular weight excluding hydrogens is 224 g/mol. The smallest absolute Gasteiger partial charge is 0.210 e. The molecule has 66 valence electrons. The molecule has 12 heavy (non-hydrogen) atoms. The van der Waals surface area contributed by atoms with Crippen LogP contribution in [0.5, 0.6) is 0 Å². The summed E-state index contributed by atoms with van der Waals surface area (Å²) in [7, 11) is 1.65. The van der Waals surface area contributed by atoms with Gasteiger partial charge in [-0.15, -0.1) is 0 Å². The lowest BCUT2D eigenvalue weighted by Crippen LogP contribution is -2.19.